The van der Waals surface area contributed by atoms with Crippen LogP contribution in [0.4, 0.5) is 8.78 Å². The number of aliphatic carboxylic acids is 1. The summed E-state index contributed by atoms with van der Waals surface area (Å²) in [6.07, 6.45) is 3.88. The number of aromatic nitrogens is 3. The van der Waals surface area contributed by atoms with E-state index in [1.807, 2.05) is 24.5 Å². The highest BCUT2D eigenvalue weighted by Gasteiger charge is 2.42. The molecule has 8 heteroatoms. The van der Waals surface area contributed by atoms with Crippen LogP contribution < -0.4 is 0 Å². The van der Waals surface area contributed by atoms with E-state index >= 15 is 4.39 Å². The second kappa shape index (κ2) is 8.69. The standard InChI is InChI=1S/C29H30F2N4O2/c1-16-13-19(5-6-20(16)30)35-21-14-18-15-33-34-25(18)24(31)23(21)22(26(35)28(2,3)11-12-32)17-7-9-29(4,10-8-17)27(36)37/h5-6,13-15,17H,7-11H2,1-4H3,(H,33,34)(H,36,37)/t17-,29-. The zero-order chi connectivity index (χ0) is 26.7. The fourth-order valence-corrected chi connectivity index (χ4v) is 5.97. The Morgan fingerprint density at radius 2 is 2.00 bits per heavy atom. The number of carboxylic acids is 1. The van der Waals surface area contributed by atoms with E-state index in [0.717, 1.165) is 11.3 Å². The number of nitrogens with zero attached hydrogens (tertiary/aromatic N) is 3. The van der Waals surface area contributed by atoms with Gasteiger partial charge in [0.1, 0.15) is 11.3 Å². The molecule has 0 unspecified atom stereocenters. The summed E-state index contributed by atoms with van der Waals surface area (Å²) < 4.78 is 32.6. The van der Waals surface area contributed by atoms with E-state index in [2.05, 4.69) is 16.3 Å². The Balaban J connectivity index is 1.88. The van der Waals surface area contributed by atoms with Crippen molar-refractivity contribution in [2.75, 3.05) is 0 Å². The average molecular weight is 505 g/mol. The molecule has 1 aliphatic carbocycles. The Bertz CT molecular complexity index is 1580. The summed E-state index contributed by atoms with van der Waals surface area (Å²) in [6, 6.07) is 9.00. The zero-order valence-corrected chi connectivity index (χ0v) is 21.5. The maximum atomic E-state index is 16.3. The monoisotopic (exact) mass is 504 g/mol. The van der Waals surface area contributed by atoms with Crippen LogP contribution in [-0.4, -0.2) is 25.8 Å². The van der Waals surface area contributed by atoms with Crippen LogP contribution in [0, 0.1) is 35.3 Å². The number of carbonyl (C=O) groups is 1. The molecule has 0 atom stereocenters. The highest BCUT2D eigenvalue weighted by Crippen LogP contribution is 2.50. The number of carboxylic acid groups (broad SMARTS) is 1. The summed E-state index contributed by atoms with van der Waals surface area (Å²) in [5.74, 6) is -1.66. The van der Waals surface area contributed by atoms with Gasteiger partial charge in [-0.3, -0.25) is 9.89 Å². The minimum absolute atomic E-state index is 0.0967. The molecule has 2 aromatic carbocycles. The van der Waals surface area contributed by atoms with Gasteiger partial charge in [-0.2, -0.15) is 10.4 Å². The van der Waals surface area contributed by atoms with Crippen molar-refractivity contribution in [2.24, 2.45) is 5.41 Å². The molecule has 0 amide bonds. The van der Waals surface area contributed by atoms with Gasteiger partial charge in [0.05, 0.1) is 23.2 Å². The third kappa shape index (κ3) is 3.88. The predicted octanol–water partition coefficient (Wildman–Crippen LogP) is 7.03. The van der Waals surface area contributed by atoms with Crippen molar-refractivity contribution in [3.63, 3.8) is 0 Å². The Morgan fingerprint density at radius 3 is 2.62 bits per heavy atom. The second-order valence-electron chi connectivity index (χ2n) is 11.3. The van der Waals surface area contributed by atoms with Gasteiger partial charge >= 0.3 is 5.97 Å². The van der Waals surface area contributed by atoms with E-state index in [4.69, 9.17) is 0 Å². The lowest BCUT2D eigenvalue weighted by Crippen LogP contribution is -2.32. The first-order valence-electron chi connectivity index (χ1n) is 12.6. The first-order valence-corrected chi connectivity index (χ1v) is 12.6. The molecule has 6 nitrogen and oxygen atoms in total. The number of hydrogen-bond acceptors (Lipinski definition) is 3. The third-order valence-corrected chi connectivity index (χ3v) is 8.22. The van der Waals surface area contributed by atoms with Crippen molar-refractivity contribution in [1.29, 1.82) is 5.26 Å². The van der Waals surface area contributed by atoms with Gasteiger partial charge in [0.25, 0.3) is 0 Å². The molecule has 0 spiro atoms. The number of aryl methyl sites for hydroxylation is 1. The molecule has 2 aromatic heterocycles. The molecule has 37 heavy (non-hydrogen) atoms. The fourth-order valence-electron chi connectivity index (χ4n) is 5.97. The van der Waals surface area contributed by atoms with E-state index in [1.165, 1.54) is 6.07 Å². The molecular formula is C29H30F2N4O2. The summed E-state index contributed by atoms with van der Waals surface area (Å²) in [7, 11) is 0. The van der Waals surface area contributed by atoms with E-state index in [9.17, 15) is 19.6 Å². The van der Waals surface area contributed by atoms with Crippen LogP contribution in [0.1, 0.15) is 75.6 Å². The van der Waals surface area contributed by atoms with Crippen molar-refractivity contribution in [3.05, 3.63) is 58.9 Å². The van der Waals surface area contributed by atoms with E-state index in [-0.39, 0.29) is 18.2 Å². The number of nitriles is 1. The second-order valence-corrected chi connectivity index (χ2v) is 11.3. The minimum Gasteiger partial charge on any atom is -0.481 e. The van der Waals surface area contributed by atoms with Crippen LogP contribution in [0.3, 0.4) is 0 Å². The first-order chi connectivity index (χ1) is 17.5. The summed E-state index contributed by atoms with van der Waals surface area (Å²) in [6.45, 7) is 7.40. The SMILES string of the molecule is Cc1cc(-n2c(C(C)(C)CC#N)c([C@H]3CC[C@](C)(C(=O)O)CC3)c3c(F)c4[nH]ncc4cc32)ccc1F. The molecule has 1 saturated carbocycles. The van der Waals surface area contributed by atoms with Crippen molar-refractivity contribution in [3.8, 4) is 11.8 Å². The molecule has 5 rings (SSSR count). The fraction of sp³-hybridized carbons (Fsp3) is 0.414. The average Bonchev–Trinajstić information content (AvgIpc) is 3.45. The van der Waals surface area contributed by atoms with Crippen LogP contribution in [0.2, 0.25) is 0 Å². The molecular weight excluding hydrogens is 474 g/mol. The Morgan fingerprint density at radius 1 is 1.30 bits per heavy atom. The maximum absolute atomic E-state index is 16.3. The molecule has 0 radical (unpaired) electrons. The highest BCUT2D eigenvalue weighted by molar-refractivity contribution is 6.00. The first kappa shape index (κ1) is 24.9. The Labute approximate surface area is 213 Å². The van der Waals surface area contributed by atoms with Gasteiger partial charge in [-0.05, 0) is 80.8 Å². The summed E-state index contributed by atoms with van der Waals surface area (Å²) in [4.78, 5) is 11.9. The van der Waals surface area contributed by atoms with Gasteiger partial charge in [-0.25, -0.2) is 8.78 Å². The predicted molar refractivity (Wildman–Crippen MR) is 138 cm³/mol. The molecule has 4 aromatic rings. The lowest BCUT2D eigenvalue weighted by atomic mass is 9.68. The quantitative estimate of drug-likeness (QED) is 0.305. The van der Waals surface area contributed by atoms with E-state index in [1.54, 1.807) is 32.2 Å². The number of hydrogen-bond donors (Lipinski definition) is 2. The number of halogens is 2. The Hall–Kier alpha value is -3.73. The molecule has 0 saturated heterocycles. The Kier molecular flexibility index (Phi) is 5.86. The number of rotatable bonds is 5. The van der Waals surface area contributed by atoms with Crippen LogP contribution in [0.15, 0.2) is 30.5 Å². The van der Waals surface area contributed by atoms with Gasteiger partial charge < -0.3 is 9.67 Å². The van der Waals surface area contributed by atoms with Crippen molar-refractivity contribution < 1.29 is 18.7 Å². The number of nitrogens with one attached hydrogen (secondary N) is 1. The van der Waals surface area contributed by atoms with Gasteiger partial charge in [-0.15, -0.1) is 0 Å². The smallest absolute Gasteiger partial charge is 0.309 e. The highest BCUT2D eigenvalue weighted by atomic mass is 19.1. The van der Waals surface area contributed by atoms with E-state index in [0.29, 0.717) is 58.7 Å². The topological polar surface area (TPSA) is 94.7 Å². The van der Waals surface area contributed by atoms with Gasteiger partial charge in [-0.1, -0.05) is 13.8 Å². The number of benzene rings is 2. The number of fused-ring (bicyclic) bond motifs is 2. The molecule has 0 bridgehead atoms. The summed E-state index contributed by atoms with van der Waals surface area (Å²) in [5, 5.41) is 27.4. The van der Waals surface area contributed by atoms with Crippen molar-refractivity contribution in [1.82, 2.24) is 14.8 Å². The molecule has 0 aliphatic heterocycles. The lowest BCUT2D eigenvalue weighted by molar-refractivity contribution is -0.149. The van der Waals surface area contributed by atoms with E-state index < -0.39 is 22.6 Å². The largest absolute Gasteiger partial charge is 0.481 e. The zero-order valence-electron chi connectivity index (χ0n) is 21.5. The minimum atomic E-state index is -0.819. The third-order valence-electron chi connectivity index (χ3n) is 8.22. The van der Waals surface area contributed by atoms with Crippen LogP contribution in [0.25, 0.3) is 27.5 Å². The summed E-state index contributed by atoms with van der Waals surface area (Å²) in [5.41, 5.74) is 2.20. The van der Waals surface area contributed by atoms with Gasteiger partial charge in [0.2, 0.25) is 0 Å². The van der Waals surface area contributed by atoms with Crippen LogP contribution in [-0.2, 0) is 10.2 Å². The normalized spacial score (nSPS) is 20.4. The summed E-state index contributed by atoms with van der Waals surface area (Å²) >= 11 is 0. The maximum Gasteiger partial charge on any atom is 0.309 e. The molecule has 192 valence electrons. The number of H-pyrrole nitrogens is 1. The van der Waals surface area contributed by atoms with Gasteiger partial charge in [0, 0.05) is 34.0 Å². The molecule has 1 fully saturated rings. The van der Waals surface area contributed by atoms with Crippen LogP contribution >= 0.6 is 0 Å². The van der Waals surface area contributed by atoms with Crippen molar-refractivity contribution >= 4 is 27.8 Å². The van der Waals surface area contributed by atoms with Crippen molar-refractivity contribution in [2.45, 2.75) is 71.1 Å². The molecule has 1 aliphatic rings. The number of aromatic amines is 1. The van der Waals surface area contributed by atoms with Gasteiger partial charge in [0.15, 0.2) is 5.82 Å². The lowest BCUT2D eigenvalue weighted by Gasteiger charge is -2.36. The molecule has 2 heterocycles. The molecule has 2 N–H and O–H groups in total. The van der Waals surface area contributed by atoms with Crippen LogP contribution in [0.5, 0.6) is 0 Å².